The minimum absolute atomic E-state index is 0.0147. The number of nitrogens with zero attached hydrogens (tertiary/aromatic N) is 1. The Bertz CT molecular complexity index is 539. The van der Waals surface area contributed by atoms with E-state index < -0.39 is 0 Å². The standard InChI is InChI=1S/C19H27NO3/c1-14-6-3-4-8-17(14)18-12-20(15(2)13-23-18)19(21)10-9-16-7-5-11-22-16/h3-4,6,8,15-16,18H,5,7,9-13H2,1-2H3. The lowest BCUT2D eigenvalue weighted by atomic mass is 10.0. The van der Waals surface area contributed by atoms with E-state index in [9.17, 15) is 4.79 Å². The molecule has 1 aromatic rings. The number of hydrogen-bond donors (Lipinski definition) is 0. The summed E-state index contributed by atoms with van der Waals surface area (Å²) in [4.78, 5) is 14.6. The van der Waals surface area contributed by atoms with Gasteiger partial charge in [-0.2, -0.15) is 0 Å². The quantitative estimate of drug-likeness (QED) is 0.856. The first-order valence-electron chi connectivity index (χ1n) is 8.73. The molecule has 126 valence electrons. The Morgan fingerprint density at radius 3 is 2.87 bits per heavy atom. The Hall–Kier alpha value is -1.39. The molecule has 1 aromatic carbocycles. The normalized spacial score (nSPS) is 28.1. The molecule has 3 rings (SSSR count). The molecule has 2 aliphatic rings. The topological polar surface area (TPSA) is 38.8 Å². The van der Waals surface area contributed by atoms with Crippen molar-refractivity contribution in [3.8, 4) is 0 Å². The van der Waals surface area contributed by atoms with Gasteiger partial charge in [-0.1, -0.05) is 24.3 Å². The van der Waals surface area contributed by atoms with E-state index in [2.05, 4.69) is 26.0 Å². The minimum Gasteiger partial charge on any atom is -0.378 e. The second kappa shape index (κ2) is 7.45. The fraction of sp³-hybridized carbons (Fsp3) is 0.632. The van der Waals surface area contributed by atoms with Crippen molar-refractivity contribution >= 4 is 5.91 Å². The van der Waals surface area contributed by atoms with Gasteiger partial charge in [0.2, 0.25) is 5.91 Å². The van der Waals surface area contributed by atoms with E-state index in [1.165, 1.54) is 11.1 Å². The zero-order chi connectivity index (χ0) is 16.2. The molecule has 23 heavy (non-hydrogen) atoms. The average Bonchev–Trinajstić information content (AvgIpc) is 3.07. The molecule has 0 spiro atoms. The predicted molar refractivity (Wildman–Crippen MR) is 89.3 cm³/mol. The zero-order valence-electron chi connectivity index (χ0n) is 14.2. The number of benzene rings is 1. The molecule has 2 fully saturated rings. The second-order valence-corrected chi connectivity index (χ2v) is 6.75. The number of amides is 1. The molecule has 1 amide bonds. The van der Waals surface area contributed by atoms with Crippen LogP contribution in [0.15, 0.2) is 24.3 Å². The van der Waals surface area contributed by atoms with Gasteiger partial charge < -0.3 is 14.4 Å². The summed E-state index contributed by atoms with van der Waals surface area (Å²) in [6, 6.07) is 8.42. The maximum atomic E-state index is 12.6. The Kier molecular flexibility index (Phi) is 5.34. The summed E-state index contributed by atoms with van der Waals surface area (Å²) in [5.74, 6) is 0.231. The van der Waals surface area contributed by atoms with Crippen LogP contribution in [0.3, 0.4) is 0 Å². The van der Waals surface area contributed by atoms with Crippen LogP contribution in [0.2, 0.25) is 0 Å². The summed E-state index contributed by atoms with van der Waals surface area (Å²) < 4.78 is 11.6. The molecule has 0 bridgehead atoms. The van der Waals surface area contributed by atoms with Gasteiger partial charge in [0.05, 0.1) is 25.3 Å². The van der Waals surface area contributed by atoms with Gasteiger partial charge in [0.1, 0.15) is 6.10 Å². The molecule has 3 unspecified atom stereocenters. The van der Waals surface area contributed by atoms with Crippen LogP contribution >= 0.6 is 0 Å². The highest BCUT2D eigenvalue weighted by Gasteiger charge is 2.31. The van der Waals surface area contributed by atoms with Gasteiger partial charge in [0.15, 0.2) is 0 Å². The number of hydrogen-bond acceptors (Lipinski definition) is 3. The number of morpholine rings is 1. The smallest absolute Gasteiger partial charge is 0.223 e. The zero-order valence-corrected chi connectivity index (χ0v) is 14.2. The predicted octanol–water partition coefficient (Wildman–Crippen LogP) is 3.24. The van der Waals surface area contributed by atoms with Crippen molar-refractivity contribution in [2.75, 3.05) is 19.8 Å². The lowest BCUT2D eigenvalue weighted by molar-refractivity contribution is -0.145. The molecule has 3 atom stereocenters. The summed E-state index contributed by atoms with van der Waals surface area (Å²) in [5, 5.41) is 0. The Balaban J connectivity index is 1.61. The molecule has 0 aromatic heterocycles. The van der Waals surface area contributed by atoms with Crippen LogP contribution in [0, 0.1) is 6.92 Å². The van der Waals surface area contributed by atoms with E-state index in [4.69, 9.17) is 9.47 Å². The fourth-order valence-corrected chi connectivity index (χ4v) is 3.54. The third kappa shape index (κ3) is 3.93. The third-order valence-corrected chi connectivity index (χ3v) is 4.99. The molecule has 0 N–H and O–H groups in total. The molecule has 0 saturated carbocycles. The van der Waals surface area contributed by atoms with Gasteiger partial charge in [0, 0.05) is 13.0 Å². The lowest BCUT2D eigenvalue weighted by Gasteiger charge is -2.39. The molecule has 4 nitrogen and oxygen atoms in total. The highest BCUT2D eigenvalue weighted by atomic mass is 16.5. The van der Waals surface area contributed by atoms with Crippen LogP contribution in [-0.2, 0) is 14.3 Å². The Morgan fingerprint density at radius 2 is 2.13 bits per heavy atom. The van der Waals surface area contributed by atoms with Crippen molar-refractivity contribution in [2.24, 2.45) is 0 Å². The van der Waals surface area contributed by atoms with Gasteiger partial charge in [-0.25, -0.2) is 0 Å². The van der Waals surface area contributed by atoms with E-state index >= 15 is 0 Å². The van der Waals surface area contributed by atoms with E-state index in [-0.39, 0.29) is 24.2 Å². The van der Waals surface area contributed by atoms with Crippen molar-refractivity contribution in [3.05, 3.63) is 35.4 Å². The highest BCUT2D eigenvalue weighted by Crippen LogP contribution is 2.28. The van der Waals surface area contributed by atoms with Crippen LogP contribution in [0.1, 0.15) is 49.8 Å². The number of carbonyl (C=O) groups is 1. The number of rotatable bonds is 4. The summed E-state index contributed by atoms with van der Waals surface area (Å²) >= 11 is 0. The molecule has 4 heteroatoms. The van der Waals surface area contributed by atoms with Crippen LogP contribution in [0.25, 0.3) is 0 Å². The van der Waals surface area contributed by atoms with E-state index in [0.29, 0.717) is 19.6 Å². The Morgan fingerprint density at radius 1 is 1.30 bits per heavy atom. The van der Waals surface area contributed by atoms with Crippen molar-refractivity contribution in [2.45, 2.75) is 57.8 Å². The first kappa shape index (κ1) is 16.5. The molecule has 2 aliphatic heterocycles. The molecular weight excluding hydrogens is 290 g/mol. The monoisotopic (exact) mass is 317 g/mol. The fourth-order valence-electron chi connectivity index (χ4n) is 3.54. The maximum absolute atomic E-state index is 12.6. The summed E-state index contributed by atoms with van der Waals surface area (Å²) in [6.07, 6.45) is 3.91. The molecule has 0 radical (unpaired) electrons. The molecule has 2 heterocycles. The van der Waals surface area contributed by atoms with E-state index in [0.717, 1.165) is 25.9 Å². The van der Waals surface area contributed by atoms with Crippen molar-refractivity contribution < 1.29 is 14.3 Å². The minimum atomic E-state index is -0.0147. The largest absolute Gasteiger partial charge is 0.378 e. The average molecular weight is 317 g/mol. The second-order valence-electron chi connectivity index (χ2n) is 6.75. The Labute approximate surface area is 138 Å². The highest BCUT2D eigenvalue weighted by molar-refractivity contribution is 5.76. The van der Waals surface area contributed by atoms with Gasteiger partial charge in [-0.3, -0.25) is 4.79 Å². The summed E-state index contributed by atoms with van der Waals surface area (Å²) in [7, 11) is 0. The molecule has 2 saturated heterocycles. The van der Waals surface area contributed by atoms with Crippen molar-refractivity contribution in [1.29, 1.82) is 0 Å². The summed E-state index contributed by atoms with van der Waals surface area (Å²) in [5.41, 5.74) is 2.41. The molecular formula is C19H27NO3. The van der Waals surface area contributed by atoms with Crippen LogP contribution < -0.4 is 0 Å². The SMILES string of the molecule is Cc1ccccc1C1CN(C(=O)CCC2CCCO2)C(C)CO1. The first-order chi connectivity index (χ1) is 11.1. The van der Waals surface area contributed by atoms with Crippen molar-refractivity contribution in [1.82, 2.24) is 4.90 Å². The number of aryl methyl sites for hydroxylation is 1. The first-order valence-corrected chi connectivity index (χ1v) is 8.73. The number of ether oxygens (including phenoxy) is 2. The summed E-state index contributed by atoms with van der Waals surface area (Å²) in [6.45, 7) is 6.27. The third-order valence-electron chi connectivity index (χ3n) is 4.99. The van der Waals surface area contributed by atoms with E-state index in [1.54, 1.807) is 0 Å². The van der Waals surface area contributed by atoms with E-state index in [1.807, 2.05) is 17.0 Å². The van der Waals surface area contributed by atoms with Gasteiger partial charge in [-0.05, 0) is 44.2 Å². The van der Waals surface area contributed by atoms with Crippen LogP contribution in [-0.4, -0.2) is 42.7 Å². The number of carbonyl (C=O) groups excluding carboxylic acids is 1. The molecule has 0 aliphatic carbocycles. The van der Waals surface area contributed by atoms with Crippen LogP contribution in [0.5, 0.6) is 0 Å². The lowest BCUT2D eigenvalue weighted by Crippen LogP contribution is -2.48. The van der Waals surface area contributed by atoms with Crippen molar-refractivity contribution in [3.63, 3.8) is 0 Å². The van der Waals surface area contributed by atoms with Gasteiger partial charge in [-0.15, -0.1) is 0 Å². The van der Waals surface area contributed by atoms with Gasteiger partial charge >= 0.3 is 0 Å². The van der Waals surface area contributed by atoms with Crippen LogP contribution in [0.4, 0.5) is 0 Å². The maximum Gasteiger partial charge on any atom is 0.223 e. The van der Waals surface area contributed by atoms with Gasteiger partial charge in [0.25, 0.3) is 0 Å².